The van der Waals surface area contributed by atoms with E-state index in [-0.39, 0.29) is 41.7 Å². The number of hydrogen-bond acceptors (Lipinski definition) is 10. The van der Waals surface area contributed by atoms with Crippen molar-refractivity contribution in [2.45, 2.75) is 44.2 Å². The van der Waals surface area contributed by atoms with Crippen LogP contribution in [-0.4, -0.2) is 82.4 Å². The highest BCUT2D eigenvalue weighted by Gasteiger charge is 2.39. The summed E-state index contributed by atoms with van der Waals surface area (Å²) in [5, 5.41) is 40.1. The molecule has 1 aliphatic heterocycles. The largest absolute Gasteiger partial charge is 0.417 e. The molecule has 4 unspecified atom stereocenters. The number of nitrogens with one attached hydrogen (secondary N) is 1. The Kier molecular flexibility index (Phi) is 7.68. The van der Waals surface area contributed by atoms with E-state index in [4.69, 9.17) is 4.74 Å². The summed E-state index contributed by atoms with van der Waals surface area (Å²) in [7, 11) is 2.20. The van der Waals surface area contributed by atoms with E-state index in [0.29, 0.717) is 6.20 Å². The Hall–Kier alpha value is -3.23. The second kappa shape index (κ2) is 10.5. The third-order valence-electron chi connectivity index (χ3n) is 5.88. The molecular weight excluding hydrogens is 530 g/mol. The van der Waals surface area contributed by atoms with Crippen LogP contribution in [0.3, 0.4) is 0 Å². The first-order valence-corrected chi connectivity index (χ1v) is 11.9. The van der Waals surface area contributed by atoms with Gasteiger partial charge in [0, 0.05) is 24.6 Å². The zero-order chi connectivity index (χ0) is 27.8. The molecule has 12 nitrogen and oxygen atoms in total. The first-order chi connectivity index (χ1) is 17.8. The van der Waals surface area contributed by atoms with Gasteiger partial charge in [-0.3, -0.25) is 4.79 Å². The fraction of sp³-hybridized carbons (Fsp3) is 0.409. The number of carbonyl (C=O) groups is 1. The van der Waals surface area contributed by atoms with Crippen molar-refractivity contribution in [3.8, 4) is 5.69 Å². The standard InChI is InChI=1S/C22H25F3N7O5P/c1-11-10-31(15(12(2)37-11)9-27-19-16(38)7-13(8-26-19)21(23,24)25)20(33)18-14(32-28-5-6-29-32)3-4-17(30-18)22(34,35)36/h3-8,11-12,15,34-36H,9-10,38H2,1-2H3,(H,26,27). The first kappa shape index (κ1) is 27.8. The van der Waals surface area contributed by atoms with Crippen LogP contribution >= 0.6 is 9.24 Å². The number of nitrogens with zero attached hydrogens (tertiary/aromatic N) is 6. The number of hydrogen-bond donors (Lipinski definition) is 4. The molecule has 204 valence electrons. The van der Waals surface area contributed by atoms with Gasteiger partial charge in [0.05, 0.1) is 36.2 Å². The summed E-state index contributed by atoms with van der Waals surface area (Å²) in [6.07, 6.45) is -1.97. The molecule has 0 spiro atoms. The smallest absolute Gasteiger partial charge is 0.372 e. The van der Waals surface area contributed by atoms with Crippen molar-refractivity contribution in [1.82, 2.24) is 29.9 Å². The van der Waals surface area contributed by atoms with Crippen molar-refractivity contribution < 1.29 is 38.0 Å². The molecule has 4 rings (SSSR count). The molecule has 0 aliphatic carbocycles. The van der Waals surface area contributed by atoms with E-state index in [0.717, 1.165) is 16.9 Å². The Balaban J connectivity index is 1.66. The number of halogens is 3. The fourth-order valence-corrected chi connectivity index (χ4v) is 4.45. The molecule has 4 heterocycles. The second-order valence-corrected chi connectivity index (χ2v) is 9.36. The molecule has 1 amide bonds. The molecule has 1 saturated heterocycles. The van der Waals surface area contributed by atoms with Gasteiger partial charge >= 0.3 is 12.1 Å². The minimum Gasteiger partial charge on any atom is -0.372 e. The highest BCUT2D eigenvalue weighted by molar-refractivity contribution is 7.28. The SMILES string of the molecule is CC1CN(C(=O)c2nc(C(O)(O)O)ccc2-n2nccn2)C(CNc2ncc(C(F)(F)F)cc2P)C(C)O1. The lowest BCUT2D eigenvalue weighted by atomic mass is 10.0. The number of aromatic nitrogens is 5. The lowest BCUT2D eigenvalue weighted by Gasteiger charge is -2.43. The van der Waals surface area contributed by atoms with Crippen LogP contribution in [0.5, 0.6) is 0 Å². The third kappa shape index (κ3) is 5.92. The van der Waals surface area contributed by atoms with E-state index in [9.17, 15) is 33.3 Å². The van der Waals surface area contributed by atoms with Crippen molar-refractivity contribution in [1.29, 1.82) is 0 Å². The lowest BCUT2D eigenvalue weighted by molar-refractivity contribution is -0.326. The fourth-order valence-electron chi connectivity index (χ4n) is 4.09. The van der Waals surface area contributed by atoms with Gasteiger partial charge < -0.3 is 30.3 Å². The van der Waals surface area contributed by atoms with Gasteiger partial charge in [-0.25, -0.2) is 9.97 Å². The van der Waals surface area contributed by atoms with Gasteiger partial charge in [0.1, 0.15) is 17.2 Å². The van der Waals surface area contributed by atoms with Gasteiger partial charge in [0.15, 0.2) is 5.69 Å². The summed E-state index contributed by atoms with van der Waals surface area (Å²) >= 11 is 0. The molecule has 0 aromatic carbocycles. The van der Waals surface area contributed by atoms with E-state index >= 15 is 0 Å². The molecule has 3 aromatic heterocycles. The summed E-state index contributed by atoms with van der Waals surface area (Å²) < 4.78 is 44.9. The molecule has 0 saturated carbocycles. The molecule has 1 fully saturated rings. The Labute approximate surface area is 216 Å². The number of ether oxygens (including phenoxy) is 1. The van der Waals surface area contributed by atoms with Crippen molar-refractivity contribution in [3.63, 3.8) is 0 Å². The lowest BCUT2D eigenvalue weighted by Crippen LogP contribution is -2.58. The van der Waals surface area contributed by atoms with E-state index in [1.807, 2.05) is 0 Å². The summed E-state index contributed by atoms with van der Waals surface area (Å²) in [5.41, 5.74) is -1.65. The summed E-state index contributed by atoms with van der Waals surface area (Å²) in [6, 6.07) is 2.71. The van der Waals surface area contributed by atoms with Gasteiger partial charge in [-0.2, -0.15) is 23.4 Å². The van der Waals surface area contributed by atoms with Gasteiger partial charge in [0.25, 0.3) is 5.91 Å². The number of alkyl halides is 3. The zero-order valence-corrected chi connectivity index (χ0v) is 21.3. The number of anilines is 1. The van der Waals surface area contributed by atoms with Gasteiger partial charge in [0.2, 0.25) is 0 Å². The third-order valence-corrected chi connectivity index (χ3v) is 6.32. The van der Waals surface area contributed by atoms with Crippen LogP contribution in [0.4, 0.5) is 19.0 Å². The highest BCUT2D eigenvalue weighted by atomic mass is 31.0. The van der Waals surface area contributed by atoms with Gasteiger partial charge in [-0.05, 0) is 32.0 Å². The quantitative estimate of drug-likeness (QED) is 0.248. The van der Waals surface area contributed by atoms with E-state index in [1.54, 1.807) is 13.8 Å². The minimum absolute atomic E-state index is 0.0539. The van der Waals surface area contributed by atoms with E-state index in [2.05, 4.69) is 34.7 Å². The maximum atomic E-state index is 13.9. The van der Waals surface area contributed by atoms with Gasteiger partial charge in [-0.1, -0.05) is 0 Å². The van der Waals surface area contributed by atoms with Crippen LogP contribution in [-0.2, 0) is 16.9 Å². The Bertz CT molecular complexity index is 1300. The number of carbonyl (C=O) groups excluding carboxylic acids is 1. The molecule has 4 N–H and O–H groups in total. The van der Waals surface area contributed by atoms with Gasteiger partial charge in [-0.15, -0.1) is 14.0 Å². The molecule has 0 radical (unpaired) electrons. The number of amides is 1. The average Bonchev–Trinajstić information content (AvgIpc) is 3.36. The maximum Gasteiger partial charge on any atom is 0.417 e. The molecule has 16 heteroatoms. The molecular formula is C22H25F3N7O5P. The minimum atomic E-state index is -4.54. The van der Waals surface area contributed by atoms with Crippen molar-refractivity contribution in [2.24, 2.45) is 0 Å². The van der Waals surface area contributed by atoms with Crippen molar-refractivity contribution in [3.05, 3.63) is 53.7 Å². The first-order valence-electron chi connectivity index (χ1n) is 11.3. The van der Waals surface area contributed by atoms with Crippen LogP contribution in [0.25, 0.3) is 5.69 Å². The van der Waals surface area contributed by atoms with E-state index in [1.165, 1.54) is 23.4 Å². The van der Waals surface area contributed by atoms with Crippen LogP contribution in [0.2, 0.25) is 0 Å². The Morgan fingerprint density at radius 2 is 1.89 bits per heavy atom. The Morgan fingerprint density at radius 3 is 2.50 bits per heavy atom. The van der Waals surface area contributed by atoms with Crippen LogP contribution < -0.4 is 10.6 Å². The van der Waals surface area contributed by atoms with Crippen LogP contribution in [0, 0.1) is 0 Å². The number of morpholine rings is 1. The molecule has 1 aliphatic rings. The molecule has 4 atom stereocenters. The van der Waals surface area contributed by atoms with Crippen molar-refractivity contribution >= 4 is 26.3 Å². The molecule has 38 heavy (non-hydrogen) atoms. The monoisotopic (exact) mass is 555 g/mol. The summed E-state index contributed by atoms with van der Waals surface area (Å²) in [4.78, 5) is 24.3. The topological polar surface area (TPSA) is 159 Å². The predicted octanol–water partition coefficient (Wildman–Crippen LogP) is 0.394. The zero-order valence-electron chi connectivity index (χ0n) is 20.2. The molecule has 3 aromatic rings. The second-order valence-electron chi connectivity index (χ2n) is 8.74. The maximum absolute atomic E-state index is 13.9. The highest BCUT2D eigenvalue weighted by Crippen LogP contribution is 2.29. The number of pyridine rings is 2. The summed E-state index contributed by atoms with van der Waals surface area (Å²) in [6.45, 7) is 3.67. The predicted molar refractivity (Wildman–Crippen MR) is 129 cm³/mol. The normalized spacial score (nSPS) is 20.4. The van der Waals surface area contributed by atoms with E-state index < -0.39 is 41.5 Å². The summed E-state index contributed by atoms with van der Waals surface area (Å²) in [5.74, 6) is -3.78. The van der Waals surface area contributed by atoms with Crippen molar-refractivity contribution in [2.75, 3.05) is 18.4 Å². The average molecular weight is 555 g/mol. The Morgan fingerprint density at radius 1 is 1.21 bits per heavy atom. The number of rotatable bonds is 6. The number of aliphatic hydroxyl groups is 3. The van der Waals surface area contributed by atoms with Crippen LogP contribution in [0.15, 0.2) is 36.8 Å². The van der Waals surface area contributed by atoms with Crippen LogP contribution in [0.1, 0.15) is 35.6 Å². The molecule has 0 bridgehead atoms.